The van der Waals surface area contributed by atoms with E-state index in [9.17, 15) is 18.0 Å². The first kappa shape index (κ1) is 24.4. The van der Waals surface area contributed by atoms with Crippen LogP contribution in [0.2, 0.25) is 10.0 Å². The fourth-order valence-electron chi connectivity index (χ4n) is 3.12. The van der Waals surface area contributed by atoms with Crippen LogP contribution in [0.4, 0.5) is 13.2 Å². The number of alkyl halides is 3. The predicted molar refractivity (Wildman–Crippen MR) is 121 cm³/mol. The van der Waals surface area contributed by atoms with E-state index in [1.807, 2.05) is 0 Å². The van der Waals surface area contributed by atoms with E-state index in [0.717, 1.165) is 10.9 Å². The number of rotatable bonds is 6. The normalized spacial score (nSPS) is 12.3. The van der Waals surface area contributed by atoms with Gasteiger partial charge in [-0.05, 0) is 29.3 Å². The van der Waals surface area contributed by atoms with Crippen LogP contribution >= 0.6 is 23.2 Å². The van der Waals surface area contributed by atoms with Crippen molar-refractivity contribution in [3.05, 3.63) is 87.4 Å². The number of carbonyl (C=O) groups is 1. The average Bonchev–Trinajstić information content (AvgIpc) is 3.20. The first-order chi connectivity index (χ1) is 15.7. The van der Waals surface area contributed by atoms with E-state index in [-0.39, 0.29) is 26.9 Å². The number of esters is 1. The minimum atomic E-state index is -4.73. The van der Waals surface area contributed by atoms with Crippen LogP contribution in [0.3, 0.4) is 0 Å². The van der Waals surface area contributed by atoms with E-state index in [1.54, 1.807) is 24.3 Å². The molecule has 0 spiro atoms. The van der Waals surface area contributed by atoms with Gasteiger partial charge in [-0.1, -0.05) is 59.6 Å². The summed E-state index contributed by atoms with van der Waals surface area (Å²) in [7, 11) is 2.59. The molecular weight excluding hydrogens is 480 g/mol. The Morgan fingerprint density at radius 1 is 1.06 bits per heavy atom. The van der Waals surface area contributed by atoms with Crippen molar-refractivity contribution in [3.63, 3.8) is 0 Å². The summed E-state index contributed by atoms with van der Waals surface area (Å²) in [4.78, 5) is 12.2. The van der Waals surface area contributed by atoms with Crippen molar-refractivity contribution in [1.82, 2.24) is 9.78 Å². The summed E-state index contributed by atoms with van der Waals surface area (Å²) in [6.45, 7) is 0. The molecule has 10 heteroatoms. The van der Waals surface area contributed by atoms with Crippen molar-refractivity contribution in [2.75, 3.05) is 14.2 Å². The molecule has 0 atom stereocenters. The molecule has 1 heterocycles. The van der Waals surface area contributed by atoms with E-state index >= 15 is 0 Å². The number of methoxy groups -OCH3 is 2. The lowest BCUT2D eigenvalue weighted by molar-refractivity contribution is -0.143. The molecule has 0 unspecified atom stereocenters. The number of benzene rings is 2. The number of hydrogen-bond donors (Lipinski definition) is 0. The number of hydrogen-bond acceptors (Lipinski definition) is 4. The summed E-state index contributed by atoms with van der Waals surface area (Å²) in [6, 6.07) is 10.8. The van der Waals surface area contributed by atoms with Gasteiger partial charge in [0.05, 0.1) is 37.4 Å². The highest BCUT2D eigenvalue weighted by Gasteiger charge is 2.38. The molecule has 5 nitrogen and oxygen atoms in total. The molecule has 2 aromatic carbocycles. The molecule has 33 heavy (non-hydrogen) atoms. The van der Waals surface area contributed by atoms with Crippen molar-refractivity contribution in [2.24, 2.45) is 0 Å². The minimum Gasteiger partial charge on any atom is -0.503 e. The van der Waals surface area contributed by atoms with Crippen LogP contribution in [0, 0.1) is 0 Å². The van der Waals surface area contributed by atoms with Gasteiger partial charge in [0, 0.05) is 10.6 Å². The van der Waals surface area contributed by atoms with Crippen molar-refractivity contribution < 1.29 is 27.4 Å². The largest absolute Gasteiger partial charge is 0.503 e. The lowest BCUT2D eigenvalue weighted by atomic mass is 9.99. The monoisotopic (exact) mass is 496 g/mol. The first-order valence-electron chi connectivity index (χ1n) is 9.36. The van der Waals surface area contributed by atoms with Crippen LogP contribution in [-0.2, 0) is 20.4 Å². The van der Waals surface area contributed by atoms with Gasteiger partial charge in [-0.25, -0.2) is 9.48 Å². The Balaban J connectivity index is 2.11. The highest BCUT2D eigenvalue weighted by Crippen LogP contribution is 2.36. The lowest BCUT2D eigenvalue weighted by Crippen LogP contribution is -2.15. The highest BCUT2D eigenvalue weighted by atomic mass is 35.5. The standard InChI is InChI=1S/C23H17Cl2F3N2O3/c1-32-13-18(22(31)33-2)17-6-4-3-5-14(17)7-8-15-12-29-30(21(15)23(26,27)28)20-10-9-16(24)11-19(20)25/h3-13H,1-2H3/b8-7+,18-13+. The van der Waals surface area contributed by atoms with Crippen molar-refractivity contribution in [3.8, 4) is 5.69 Å². The van der Waals surface area contributed by atoms with Crippen molar-refractivity contribution in [2.45, 2.75) is 6.18 Å². The fraction of sp³-hybridized carbons (Fsp3) is 0.130. The maximum atomic E-state index is 14.0. The number of ether oxygens (including phenoxy) is 2. The summed E-state index contributed by atoms with van der Waals surface area (Å²) in [6.07, 6.45) is 0.267. The minimum absolute atomic E-state index is 0.0180. The zero-order valence-electron chi connectivity index (χ0n) is 17.4. The Hall–Kier alpha value is -3.23. The van der Waals surface area contributed by atoms with Gasteiger partial charge in [-0.2, -0.15) is 18.3 Å². The smallest absolute Gasteiger partial charge is 0.434 e. The van der Waals surface area contributed by atoms with E-state index in [0.29, 0.717) is 11.1 Å². The number of aromatic nitrogens is 2. The maximum Gasteiger partial charge on any atom is 0.434 e. The van der Waals surface area contributed by atoms with Crippen molar-refractivity contribution in [1.29, 1.82) is 0 Å². The molecular formula is C23H17Cl2F3N2O3. The zero-order valence-corrected chi connectivity index (χ0v) is 18.9. The molecule has 172 valence electrons. The van der Waals surface area contributed by atoms with Gasteiger partial charge in [0.25, 0.3) is 0 Å². The quantitative estimate of drug-likeness (QED) is 0.221. The molecule has 3 rings (SSSR count). The molecule has 0 saturated heterocycles. The maximum absolute atomic E-state index is 14.0. The molecule has 0 bridgehead atoms. The summed E-state index contributed by atoms with van der Waals surface area (Å²) in [5.41, 5.74) is -0.176. The Labute approximate surface area is 197 Å². The van der Waals surface area contributed by atoms with Crippen LogP contribution in [-0.4, -0.2) is 30.0 Å². The molecule has 0 aliphatic rings. The molecule has 1 aromatic heterocycles. The Morgan fingerprint density at radius 2 is 1.76 bits per heavy atom. The Bertz CT molecular complexity index is 1230. The Morgan fingerprint density at radius 3 is 2.39 bits per heavy atom. The van der Waals surface area contributed by atoms with Gasteiger partial charge in [-0.15, -0.1) is 0 Å². The summed E-state index contributed by atoms with van der Waals surface area (Å²) < 4.78 is 52.4. The topological polar surface area (TPSA) is 53.4 Å². The van der Waals surface area contributed by atoms with E-state index < -0.39 is 17.8 Å². The number of nitrogens with zero attached hydrogens (tertiary/aromatic N) is 2. The Kier molecular flexibility index (Phi) is 7.50. The molecule has 0 saturated carbocycles. The van der Waals surface area contributed by atoms with Gasteiger partial charge < -0.3 is 9.47 Å². The SMILES string of the molecule is CO/C=C(/C(=O)OC)c1ccccc1/C=C/c1cnn(-c2ccc(Cl)cc2Cl)c1C(F)(F)F. The third-order valence-electron chi connectivity index (χ3n) is 4.54. The van der Waals surface area contributed by atoms with Gasteiger partial charge in [0.15, 0.2) is 5.69 Å². The third-order valence-corrected chi connectivity index (χ3v) is 5.08. The summed E-state index contributed by atoms with van der Waals surface area (Å²) in [5, 5.41) is 4.20. The van der Waals surface area contributed by atoms with Crippen LogP contribution in [0.25, 0.3) is 23.4 Å². The summed E-state index contributed by atoms with van der Waals surface area (Å²) in [5.74, 6) is -0.654. The average molecular weight is 497 g/mol. The second-order valence-corrected chi connectivity index (χ2v) is 7.48. The van der Waals surface area contributed by atoms with Crippen molar-refractivity contribution >= 4 is 46.9 Å². The zero-order chi connectivity index (χ0) is 24.2. The molecule has 3 aromatic rings. The van der Waals surface area contributed by atoms with Gasteiger partial charge in [0.1, 0.15) is 5.57 Å². The molecule has 0 N–H and O–H groups in total. The van der Waals surface area contributed by atoms with Gasteiger partial charge >= 0.3 is 12.1 Å². The second-order valence-electron chi connectivity index (χ2n) is 6.63. The second kappa shape index (κ2) is 10.1. The molecule has 0 amide bonds. The van der Waals surface area contributed by atoms with E-state index in [4.69, 9.17) is 32.7 Å². The van der Waals surface area contributed by atoms with Crippen LogP contribution in [0.5, 0.6) is 0 Å². The number of halogens is 5. The summed E-state index contributed by atoms with van der Waals surface area (Å²) >= 11 is 12.0. The predicted octanol–water partition coefficient (Wildman–Crippen LogP) is 6.53. The number of carbonyl (C=O) groups excluding carboxylic acids is 1. The van der Waals surface area contributed by atoms with Gasteiger partial charge in [0.2, 0.25) is 0 Å². The fourth-order valence-corrected chi connectivity index (χ4v) is 3.61. The highest BCUT2D eigenvalue weighted by molar-refractivity contribution is 6.35. The van der Waals surface area contributed by atoms with E-state index in [2.05, 4.69) is 5.10 Å². The van der Waals surface area contributed by atoms with Crippen LogP contribution in [0.1, 0.15) is 22.4 Å². The van der Waals surface area contributed by atoms with Crippen LogP contribution in [0.15, 0.2) is 54.9 Å². The molecule has 0 aliphatic carbocycles. The first-order valence-corrected chi connectivity index (χ1v) is 10.1. The molecule has 0 radical (unpaired) electrons. The molecule has 0 fully saturated rings. The lowest BCUT2D eigenvalue weighted by Gasteiger charge is -2.13. The molecule has 0 aliphatic heterocycles. The van der Waals surface area contributed by atoms with E-state index in [1.165, 1.54) is 50.8 Å². The van der Waals surface area contributed by atoms with Crippen LogP contribution < -0.4 is 0 Å². The third kappa shape index (κ3) is 5.40. The van der Waals surface area contributed by atoms with Gasteiger partial charge in [-0.3, -0.25) is 0 Å².